The van der Waals surface area contributed by atoms with Gasteiger partial charge in [-0.3, -0.25) is 0 Å². The molecule has 1 aliphatic rings. The van der Waals surface area contributed by atoms with Gasteiger partial charge in [-0.1, -0.05) is 12.8 Å². The van der Waals surface area contributed by atoms with Gasteiger partial charge < -0.3 is 11.5 Å². The molecule has 1 rings (SSSR count). The normalized spacial score (nSPS) is 34.2. The summed E-state index contributed by atoms with van der Waals surface area (Å²) >= 11 is 0. The van der Waals surface area contributed by atoms with E-state index in [0.29, 0.717) is 0 Å². The molecule has 2 heteroatoms. The van der Waals surface area contributed by atoms with Crippen LogP contribution in [0.2, 0.25) is 0 Å². The molecule has 2 nitrogen and oxygen atoms in total. The molecule has 0 saturated heterocycles. The van der Waals surface area contributed by atoms with Gasteiger partial charge in [0.1, 0.15) is 0 Å². The molecule has 0 spiro atoms. The molecule has 10 heavy (non-hydrogen) atoms. The summed E-state index contributed by atoms with van der Waals surface area (Å²) in [4.78, 5) is 0. The topological polar surface area (TPSA) is 52.0 Å². The Hall–Kier alpha value is -0.0800. The van der Waals surface area contributed by atoms with E-state index in [4.69, 9.17) is 11.5 Å². The first-order valence-electron chi connectivity index (χ1n) is 4.28. The van der Waals surface area contributed by atoms with Gasteiger partial charge in [0.25, 0.3) is 0 Å². The lowest BCUT2D eigenvalue weighted by Crippen LogP contribution is -2.31. The van der Waals surface area contributed by atoms with Gasteiger partial charge >= 0.3 is 0 Å². The van der Waals surface area contributed by atoms with Crippen LogP contribution in [0.4, 0.5) is 0 Å². The van der Waals surface area contributed by atoms with Crippen molar-refractivity contribution in [3.8, 4) is 0 Å². The summed E-state index contributed by atoms with van der Waals surface area (Å²) in [6, 6.07) is 0. The van der Waals surface area contributed by atoms with Gasteiger partial charge in [0.05, 0.1) is 0 Å². The molecule has 0 aromatic heterocycles. The number of hydrogen-bond donors (Lipinski definition) is 2. The maximum Gasteiger partial charge on any atom is -0.00457 e. The third-order valence-corrected chi connectivity index (χ3v) is 2.67. The molecule has 0 aliphatic heterocycles. The highest BCUT2D eigenvalue weighted by Gasteiger charge is 2.21. The van der Waals surface area contributed by atoms with Gasteiger partial charge in [0, 0.05) is 0 Å². The third kappa shape index (κ3) is 1.70. The summed E-state index contributed by atoms with van der Waals surface area (Å²) in [6.45, 7) is 1.67. The Labute approximate surface area is 63.0 Å². The number of nitrogens with two attached hydrogens (primary N) is 2. The molecule has 1 saturated carbocycles. The van der Waals surface area contributed by atoms with Crippen LogP contribution < -0.4 is 11.5 Å². The first kappa shape index (κ1) is 8.02. The van der Waals surface area contributed by atoms with Crippen LogP contribution in [-0.2, 0) is 0 Å². The van der Waals surface area contributed by atoms with Crippen molar-refractivity contribution in [2.24, 2.45) is 23.3 Å². The van der Waals surface area contributed by atoms with Crippen LogP contribution in [0.1, 0.15) is 25.7 Å². The van der Waals surface area contributed by atoms with Gasteiger partial charge in [0.2, 0.25) is 0 Å². The smallest absolute Gasteiger partial charge is 0.00457 e. The highest BCUT2D eigenvalue weighted by Crippen LogP contribution is 2.27. The van der Waals surface area contributed by atoms with Crippen LogP contribution in [0.3, 0.4) is 0 Å². The van der Waals surface area contributed by atoms with Crippen molar-refractivity contribution in [3.63, 3.8) is 0 Å². The largest absolute Gasteiger partial charge is 0.330 e. The quantitative estimate of drug-likeness (QED) is 0.596. The van der Waals surface area contributed by atoms with Crippen LogP contribution in [0.15, 0.2) is 0 Å². The molecule has 1 aliphatic carbocycles. The fourth-order valence-electron chi connectivity index (χ4n) is 1.91. The molecule has 0 aromatic rings. The fraction of sp³-hybridized carbons (Fsp3) is 1.00. The van der Waals surface area contributed by atoms with E-state index in [0.717, 1.165) is 24.9 Å². The first-order chi connectivity index (χ1) is 4.88. The molecule has 0 unspecified atom stereocenters. The molecule has 0 radical (unpaired) electrons. The number of hydrogen-bond acceptors (Lipinski definition) is 2. The molecule has 1 fully saturated rings. The van der Waals surface area contributed by atoms with Gasteiger partial charge in [-0.25, -0.2) is 0 Å². The lowest BCUT2D eigenvalue weighted by atomic mass is 9.79. The van der Waals surface area contributed by atoms with E-state index in [9.17, 15) is 0 Å². The predicted molar refractivity (Wildman–Crippen MR) is 43.6 cm³/mol. The van der Waals surface area contributed by atoms with Gasteiger partial charge in [-0.05, 0) is 37.8 Å². The lowest BCUT2D eigenvalue weighted by Gasteiger charge is -2.29. The molecule has 0 heterocycles. The maximum absolute atomic E-state index is 5.61. The predicted octanol–water partition coefficient (Wildman–Crippen LogP) is 0.710. The minimum absolute atomic E-state index is 0.721. The monoisotopic (exact) mass is 142 g/mol. The van der Waals surface area contributed by atoms with E-state index >= 15 is 0 Å². The molecule has 4 N–H and O–H groups in total. The van der Waals surface area contributed by atoms with Crippen molar-refractivity contribution in [1.29, 1.82) is 0 Å². The average Bonchev–Trinajstić information content (AvgIpc) is 2.04. The first-order valence-corrected chi connectivity index (χ1v) is 4.28. The van der Waals surface area contributed by atoms with Crippen LogP contribution >= 0.6 is 0 Å². The third-order valence-electron chi connectivity index (χ3n) is 2.67. The highest BCUT2D eigenvalue weighted by molar-refractivity contribution is 4.76. The Bertz CT molecular complexity index is 81.3. The molecular formula is C8H18N2. The molecule has 0 amide bonds. The van der Waals surface area contributed by atoms with Crippen LogP contribution in [0.5, 0.6) is 0 Å². The maximum atomic E-state index is 5.61. The summed E-state index contributed by atoms with van der Waals surface area (Å²) < 4.78 is 0. The van der Waals surface area contributed by atoms with E-state index in [-0.39, 0.29) is 0 Å². The minimum Gasteiger partial charge on any atom is -0.330 e. The molecule has 0 aromatic carbocycles. The Kier molecular flexibility index (Phi) is 3.16. The van der Waals surface area contributed by atoms with E-state index in [1.54, 1.807) is 0 Å². The van der Waals surface area contributed by atoms with Crippen LogP contribution in [0.25, 0.3) is 0 Å². The lowest BCUT2D eigenvalue weighted by molar-refractivity contribution is 0.250. The standard InChI is InChI=1S/C8H18N2/c9-5-7-3-1-2-4-8(7)6-10/h7-8H,1-6,9-10H2/t7-,8-/m1/s1. The average molecular weight is 142 g/mol. The summed E-state index contributed by atoms with van der Waals surface area (Å²) in [5.41, 5.74) is 11.2. The van der Waals surface area contributed by atoms with Crippen LogP contribution in [0, 0.1) is 11.8 Å². The van der Waals surface area contributed by atoms with E-state index in [1.807, 2.05) is 0 Å². The Morgan fingerprint density at radius 2 is 1.30 bits per heavy atom. The zero-order chi connectivity index (χ0) is 7.40. The van der Waals surface area contributed by atoms with Crippen molar-refractivity contribution < 1.29 is 0 Å². The number of rotatable bonds is 2. The Balaban J connectivity index is 2.34. The summed E-state index contributed by atoms with van der Waals surface area (Å²) in [5.74, 6) is 1.44. The zero-order valence-electron chi connectivity index (χ0n) is 6.55. The Morgan fingerprint density at radius 1 is 0.900 bits per heavy atom. The van der Waals surface area contributed by atoms with Crippen molar-refractivity contribution in [1.82, 2.24) is 0 Å². The second kappa shape index (κ2) is 3.94. The fourth-order valence-corrected chi connectivity index (χ4v) is 1.91. The van der Waals surface area contributed by atoms with Crippen molar-refractivity contribution in [2.75, 3.05) is 13.1 Å². The molecular weight excluding hydrogens is 124 g/mol. The molecule has 60 valence electrons. The van der Waals surface area contributed by atoms with E-state index in [2.05, 4.69) is 0 Å². The zero-order valence-corrected chi connectivity index (χ0v) is 6.55. The molecule has 2 atom stereocenters. The second-order valence-corrected chi connectivity index (χ2v) is 3.28. The summed E-state index contributed by atoms with van der Waals surface area (Å²) in [5, 5.41) is 0. The summed E-state index contributed by atoms with van der Waals surface area (Å²) in [7, 11) is 0. The van der Waals surface area contributed by atoms with E-state index < -0.39 is 0 Å². The van der Waals surface area contributed by atoms with Gasteiger partial charge in [-0.2, -0.15) is 0 Å². The second-order valence-electron chi connectivity index (χ2n) is 3.28. The summed E-state index contributed by atoms with van der Waals surface area (Å²) in [6.07, 6.45) is 5.33. The Morgan fingerprint density at radius 3 is 1.60 bits per heavy atom. The van der Waals surface area contributed by atoms with Crippen molar-refractivity contribution in [3.05, 3.63) is 0 Å². The van der Waals surface area contributed by atoms with Crippen LogP contribution in [-0.4, -0.2) is 13.1 Å². The van der Waals surface area contributed by atoms with Gasteiger partial charge in [-0.15, -0.1) is 0 Å². The minimum atomic E-state index is 0.721. The SMILES string of the molecule is NC[C@H]1CCCC[C@@H]1CN. The highest BCUT2D eigenvalue weighted by atomic mass is 14.6. The van der Waals surface area contributed by atoms with E-state index in [1.165, 1.54) is 25.7 Å². The van der Waals surface area contributed by atoms with Crippen molar-refractivity contribution >= 4 is 0 Å². The van der Waals surface area contributed by atoms with Crippen molar-refractivity contribution in [2.45, 2.75) is 25.7 Å². The molecule has 0 bridgehead atoms. The van der Waals surface area contributed by atoms with Gasteiger partial charge in [0.15, 0.2) is 0 Å².